The van der Waals surface area contributed by atoms with Gasteiger partial charge in [0.2, 0.25) is 5.91 Å². The molecule has 0 aromatic carbocycles. The van der Waals surface area contributed by atoms with Gasteiger partial charge in [0.15, 0.2) is 0 Å². The summed E-state index contributed by atoms with van der Waals surface area (Å²) in [5.41, 5.74) is 1.29. The molecular weight excluding hydrogens is 441 g/mol. The molecule has 2 fully saturated rings. The fourth-order valence-corrected chi connectivity index (χ4v) is 5.90. The summed E-state index contributed by atoms with van der Waals surface area (Å²) in [6.07, 6.45) is 4.00. The molecule has 0 bridgehead atoms. The quantitative estimate of drug-likeness (QED) is 0.703. The highest BCUT2D eigenvalue weighted by Crippen LogP contribution is 2.48. The number of likely N-dealkylation sites (tertiary alicyclic amines) is 1. The number of hydrogen-bond acceptors (Lipinski definition) is 5. The molecule has 6 nitrogen and oxygen atoms in total. The van der Waals surface area contributed by atoms with E-state index in [0.29, 0.717) is 44.9 Å². The first-order valence-electron chi connectivity index (χ1n) is 11.2. The van der Waals surface area contributed by atoms with Gasteiger partial charge in [-0.25, -0.2) is 0 Å². The molecule has 1 saturated heterocycles. The third kappa shape index (κ3) is 4.72. The molecule has 0 radical (unpaired) electrons. The number of hydrogen-bond donors (Lipinski definition) is 1. The van der Waals surface area contributed by atoms with Crippen LogP contribution in [0.25, 0.3) is 0 Å². The topological polar surface area (TPSA) is 59.4 Å². The molecule has 2 aliphatic heterocycles. The van der Waals surface area contributed by atoms with E-state index in [0.717, 1.165) is 59.8 Å². The van der Waals surface area contributed by atoms with E-state index in [1.807, 2.05) is 12.4 Å². The number of rotatable bonds is 6. The lowest BCUT2D eigenvalue weighted by atomic mass is 9.85. The van der Waals surface area contributed by atoms with Crippen LogP contribution in [0, 0.1) is 0 Å². The number of nitrogens with zero attached hydrogens (tertiary/aromatic N) is 3. The van der Waals surface area contributed by atoms with Crippen molar-refractivity contribution < 1.29 is 22.7 Å². The van der Waals surface area contributed by atoms with E-state index >= 15 is 0 Å². The predicted octanol–water partition coefficient (Wildman–Crippen LogP) is 3.70. The Bertz CT molecular complexity index is 974. The molecule has 1 amide bonds. The van der Waals surface area contributed by atoms with E-state index < -0.39 is 16.7 Å². The Morgan fingerprint density at radius 3 is 2.81 bits per heavy atom. The summed E-state index contributed by atoms with van der Waals surface area (Å²) in [5.74, 6) is 0.0694. The number of amides is 1. The van der Waals surface area contributed by atoms with Gasteiger partial charge < -0.3 is 10.1 Å². The second-order valence-electron chi connectivity index (χ2n) is 9.04. The Balaban J connectivity index is 1.16. The highest BCUT2D eigenvalue weighted by atomic mass is 32.1. The Morgan fingerprint density at radius 2 is 2.09 bits per heavy atom. The summed E-state index contributed by atoms with van der Waals surface area (Å²) in [7, 11) is 0. The largest absolute Gasteiger partial charge is 0.425 e. The van der Waals surface area contributed by atoms with Crippen molar-refractivity contribution in [3.63, 3.8) is 0 Å². The minimum absolute atomic E-state index is 0.0694. The van der Waals surface area contributed by atoms with Gasteiger partial charge in [0.25, 0.3) is 0 Å². The van der Waals surface area contributed by atoms with Crippen LogP contribution in [0.2, 0.25) is 0 Å². The first kappa shape index (κ1) is 21.9. The van der Waals surface area contributed by atoms with Gasteiger partial charge in [0.1, 0.15) is 10.5 Å². The summed E-state index contributed by atoms with van der Waals surface area (Å²) in [4.78, 5) is 14.4. The molecule has 1 spiro atoms. The van der Waals surface area contributed by atoms with Crippen LogP contribution in [0.15, 0.2) is 18.5 Å². The van der Waals surface area contributed by atoms with E-state index in [1.54, 1.807) is 4.68 Å². The van der Waals surface area contributed by atoms with Crippen molar-refractivity contribution in [2.24, 2.45) is 0 Å². The van der Waals surface area contributed by atoms with Gasteiger partial charge >= 0.3 is 6.18 Å². The number of thiophene rings is 1. The number of carbonyl (C=O) groups is 1. The Morgan fingerprint density at radius 1 is 1.31 bits per heavy atom. The molecule has 1 N–H and O–H groups in total. The highest BCUT2D eigenvalue weighted by molar-refractivity contribution is 7.12. The van der Waals surface area contributed by atoms with Crippen LogP contribution in [0.3, 0.4) is 0 Å². The summed E-state index contributed by atoms with van der Waals surface area (Å²) in [6.45, 7) is 3.27. The van der Waals surface area contributed by atoms with Crippen molar-refractivity contribution in [1.29, 1.82) is 0 Å². The number of ether oxygens (including phenoxy) is 1. The van der Waals surface area contributed by atoms with Crippen LogP contribution in [0.1, 0.15) is 53.0 Å². The number of alkyl halides is 3. The van der Waals surface area contributed by atoms with Gasteiger partial charge in [0, 0.05) is 55.3 Å². The van der Waals surface area contributed by atoms with E-state index in [1.165, 1.54) is 6.07 Å². The predicted molar refractivity (Wildman–Crippen MR) is 113 cm³/mol. The standard InChI is InChI=1S/C22H27F3N4O2S/c23-22(24,25)18-11-16-4-10-31-21(20(16)32-18)5-8-28(9-6-21)13-15-12-26-29(14-15)7-3-19(30)27-17-1-2-17/h11-12,14,17H,1-10,13H2,(H,27,30). The van der Waals surface area contributed by atoms with E-state index in [-0.39, 0.29) is 5.91 Å². The zero-order valence-corrected chi connectivity index (χ0v) is 18.6. The number of nitrogens with one attached hydrogen (secondary N) is 1. The first-order chi connectivity index (χ1) is 15.3. The zero-order chi connectivity index (χ0) is 22.3. The van der Waals surface area contributed by atoms with Crippen molar-refractivity contribution in [2.75, 3.05) is 19.7 Å². The van der Waals surface area contributed by atoms with Crippen LogP contribution in [-0.2, 0) is 40.8 Å². The summed E-state index contributed by atoms with van der Waals surface area (Å²) in [6, 6.07) is 1.69. The van der Waals surface area contributed by atoms with E-state index in [2.05, 4.69) is 15.3 Å². The van der Waals surface area contributed by atoms with Gasteiger partial charge in [-0.2, -0.15) is 18.3 Å². The molecule has 0 unspecified atom stereocenters. The maximum atomic E-state index is 13.2. The fourth-order valence-electron chi connectivity index (χ4n) is 4.62. The second kappa shape index (κ2) is 8.46. The lowest BCUT2D eigenvalue weighted by molar-refractivity contribution is -0.134. The monoisotopic (exact) mass is 468 g/mol. The molecule has 2 aromatic heterocycles. The molecule has 5 rings (SSSR count). The Kier molecular flexibility index (Phi) is 5.79. The zero-order valence-electron chi connectivity index (χ0n) is 17.8. The normalized spacial score (nSPS) is 21.0. The average Bonchev–Trinajstić information content (AvgIpc) is 3.24. The molecule has 1 saturated carbocycles. The molecule has 1 aliphatic carbocycles. The van der Waals surface area contributed by atoms with Gasteiger partial charge in [-0.3, -0.25) is 14.4 Å². The molecule has 174 valence electrons. The fraction of sp³-hybridized carbons (Fsp3) is 0.636. The SMILES string of the molecule is O=C(CCn1cc(CN2CCC3(CC2)OCCc2cc(C(F)(F)F)sc23)cn1)NC1CC1. The highest BCUT2D eigenvalue weighted by Gasteiger charge is 2.45. The summed E-state index contributed by atoms with van der Waals surface area (Å²) < 4.78 is 47.6. The van der Waals surface area contributed by atoms with Gasteiger partial charge in [-0.15, -0.1) is 11.3 Å². The molecular formula is C22H27F3N4O2S. The molecule has 3 aliphatic rings. The minimum Gasteiger partial charge on any atom is -0.369 e. The Labute approximate surface area is 188 Å². The number of halogens is 3. The minimum atomic E-state index is -4.30. The Hall–Kier alpha value is -1.91. The summed E-state index contributed by atoms with van der Waals surface area (Å²) >= 11 is 0.857. The molecule has 0 atom stereocenters. The third-order valence-corrected chi connectivity index (χ3v) is 7.93. The van der Waals surface area contributed by atoms with E-state index in [4.69, 9.17) is 4.74 Å². The van der Waals surface area contributed by atoms with Gasteiger partial charge in [0.05, 0.1) is 12.8 Å². The van der Waals surface area contributed by atoms with Crippen LogP contribution >= 0.6 is 11.3 Å². The smallest absolute Gasteiger partial charge is 0.369 e. The van der Waals surface area contributed by atoms with Crippen molar-refractivity contribution in [1.82, 2.24) is 20.0 Å². The number of piperidine rings is 1. The van der Waals surface area contributed by atoms with Crippen molar-refractivity contribution in [3.05, 3.63) is 39.3 Å². The van der Waals surface area contributed by atoms with Crippen molar-refractivity contribution in [3.8, 4) is 0 Å². The maximum Gasteiger partial charge on any atom is 0.425 e. The van der Waals surface area contributed by atoms with Crippen LogP contribution < -0.4 is 5.32 Å². The average molecular weight is 469 g/mol. The first-order valence-corrected chi connectivity index (χ1v) is 12.0. The van der Waals surface area contributed by atoms with Crippen molar-refractivity contribution in [2.45, 2.75) is 69.4 Å². The number of fused-ring (bicyclic) bond motifs is 2. The summed E-state index contributed by atoms with van der Waals surface area (Å²) in [5, 5.41) is 7.35. The number of aryl methyl sites for hydroxylation is 1. The lowest BCUT2D eigenvalue weighted by Crippen LogP contribution is -2.45. The van der Waals surface area contributed by atoms with Crippen LogP contribution in [0.4, 0.5) is 13.2 Å². The van der Waals surface area contributed by atoms with Crippen LogP contribution in [0.5, 0.6) is 0 Å². The van der Waals surface area contributed by atoms with E-state index in [9.17, 15) is 18.0 Å². The molecule has 32 heavy (non-hydrogen) atoms. The van der Waals surface area contributed by atoms with Gasteiger partial charge in [-0.05, 0) is 43.7 Å². The molecule has 4 heterocycles. The number of aromatic nitrogens is 2. The maximum absolute atomic E-state index is 13.2. The lowest BCUT2D eigenvalue weighted by Gasteiger charge is -2.43. The number of carbonyl (C=O) groups excluding carboxylic acids is 1. The third-order valence-electron chi connectivity index (χ3n) is 6.52. The van der Waals surface area contributed by atoms with Gasteiger partial charge in [-0.1, -0.05) is 0 Å². The van der Waals surface area contributed by atoms with Crippen LogP contribution in [-0.4, -0.2) is 46.3 Å². The molecule has 10 heteroatoms. The second-order valence-corrected chi connectivity index (χ2v) is 10.1. The van der Waals surface area contributed by atoms with Crippen molar-refractivity contribution >= 4 is 17.2 Å². The molecule has 2 aromatic rings.